The molecule has 0 aliphatic heterocycles. The number of hydrogen-bond acceptors (Lipinski definition) is 5. The summed E-state index contributed by atoms with van der Waals surface area (Å²) in [6.07, 6.45) is 0. The molecular formula is C20H17ClN4O2. The number of nitrogens with zero attached hydrogens (tertiary/aromatic N) is 4. The molecule has 0 aliphatic rings. The Labute approximate surface area is 161 Å². The molecule has 2 aromatic heterocycles. The summed E-state index contributed by atoms with van der Waals surface area (Å²) in [7, 11) is 5.09. The summed E-state index contributed by atoms with van der Waals surface area (Å²) in [4.78, 5) is 0. The standard InChI is InChI=1S/C20H17ClN4O2/c1-25-20-16(18(24-25)13-5-4-6-15(11-13)27-3)17(21)19(22-23-20)12-7-9-14(26-2)10-8-12/h4-11H,1-3H3. The molecule has 0 aliphatic carbocycles. The number of fused-ring (bicyclic) bond motifs is 1. The van der Waals surface area contributed by atoms with Crippen molar-refractivity contribution >= 4 is 22.6 Å². The van der Waals surface area contributed by atoms with Crippen LogP contribution in [-0.2, 0) is 7.05 Å². The molecule has 27 heavy (non-hydrogen) atoms. The lowest BCUT2D eigenvalue weighted by atomic mass is 10.1. The molecule has 0 N–H and O–H groups in total. The third-order valence-corrected chi connectivity index (χ3v) is 4.76. The molecule has 0 unspecified atom stereocenters. The monoisotopic (exact) mass is 380 g/mol. The number of rotatable bonds is 4. The lowest BCUT2D eigenvalue weighted by Crippen LogP contribution is -1.95. The Morgan fingerprint density at radius 1 is 0.852 bits per heavy atom. The maximum atomic E-state index is 6.77. The van der Waals surface area contributed by atoms with E-state index in [4.69, 9.17) is 21.1 Å². The van der Waals surface area contributed by atoms with Crippen molar-refractivity contribution in [1.29, 1.82) is 0 Å². The zero-order chi connectivity index (χ0) is 19.0. The molecular weight excluding hydrogens is 364 g/mol. The summed E-state index contributed by atoms with van der Waals surface area (Å²) in [5, 5.41) is 14.6. The number of aryl methyl sites for hydroxylation is 1. The van der Waals surface area contributed by atoms with E-state index in [0.717, 1.165) is 33.7 Å². The Balaban J connectivity index is 1.93. The Kier molecular flexibility index (Phi) is 4.41. The van der Waals surface area contributed by atoms with Crippen LogP contribution in [0.1, 0.15) is 0 Å². The molecule has 0 amide bonds. The molecule has 4 aromatic rings. The van der Waals surface area contributed by atoms with Crippen molar-refractivity contribution in [2.45, 2.75) is 0 Å². The van der Waals surface area contributed by atoms with Gasteiger partial charge in [0.05, 0.1) is 24.6 Å². The van der Waals surface area contributed by atoms with Gasteiger partial charge in [-0.2, -0.15) is 5.10 Å². The first-order valence-corrected chi connectivity index (χ1v) is 8.68. The molecule has 0 atom stereocenters. The Morgan fingerprint density at radius 3 is 2.30 bits per heavy atom. The number of aromatic nitrogens is 4. The van der Waals surface area contributed by atoms with Crippen molar-refractivity contribution in [3.8, 4) is 34.0 Å². The highest BCUT2D eigenvalue weighted by Gasteiger charge is 2.20. The average molecular weight is 381 g/mol. The average Bonchev–Trinajstić information content (AvgIpc) is 3.06. The molecule has 136 valence electrons. The van der Waals surface area contributed by atoms with E-state index in [0.29, 0.717) is 16.4 Å². The smallest absolute Gasteiger partial charge is 0.182 e. The van der Waals surface area contributed by atoms with Crippen LogP contribution in [-0.4, -0.2) is 34.2 Å². The van der Waals surface area contributed by atoms with E-state index >= 15 is 0 Å². The second kappa shape index (κ2) is 6.89. The SMILES string of the molecule is COc1ccc(-c2nnc3c(c(-c4cccc(OC)c4)nn3C)c2Cl)cc1. The quantitative estimate of drug-likeness (QED) is 0.526. The first-order chi connectivity index (χ1) is 13.1. The predicted octanol–water partition coefficient (Wildman–Crippen LogP) is 4.37. The summed E-state index contributed by atoms with van der Waals surface area (Å²) in [5.74, 6) is 1.52. The molecule has 0 fully saturated rings. The Morgan fingerprint density at radius 2 is 1.59 bits per heavy atom. The van der Waals surface area contributed by atoms with Gasteiger partial charge in [0.2, 0.25) is 0 Å². The highest BCUT2D eigenvalue weighted by Crippen LogP contribution is 2.37. The third-order valence-electron chi connectivity index (χ3n) is 4.40. The van der Waals surface area contributed by atoms with E-state index in [1.54, 1.807) is 18.9 Å². The molecule has 0 saturated heterocycles. The minimum atomic E-state index is 0.510. The molecule has 2 aromatic carbocycles. The summed E-state index contributed by atoms with van der Waals surface area (Å²) in [6, 6.07) is 15.2. The molecule has 0 radical (unpaired) electrons. The number of halogens is 1. The predicted molar refractivity (Wildman–Crippen MR) is 105 cm³/mol. The normalized spacial score (nSPS) is 11.0. The van der Waals surface area contributed by atoms with Gasteiger partial charge >= 0.3 is 0 Å². The first-order valence-electron chi connectivity index (χ1n) is 8.30. The van der Waals surface area contributed by atoms with E-state index in [1.807, 2.05) is 55.6 Å². The topological polar surface area (TPSA) is 62.1 Å². The van der Waals surface area contributed by atoms with Gasteiger partial charge in [-0.1, -0.05) is 23.7 Å². The van der Waals surface area contributed by atoms with E-state index in [2.05, 4.69) is 15.3 Å². The fourth-order valence-electron chi connectivity index (χ4n) is 3.00. The Hall–Kier alpha value is -3.12. The summed E-state index contributed by atoms with van der Waals surface area (Å²) in [6.45, 7) is 0. The zero-order valence-corrected chi connectivity index (χ0v) is 15.9. The van der Waals surface area contributed by atoms with Crippen LogP contribution in [0.5, 0.6) is 11.5 Å². The molecule has 7 heteroatoms. The number of benzene rings is 2. The van der Waals surface area contributed by atoms with E-state index in [-0.39, 0.29) is 0 Å². The van der Waals surface area contributed by atoms with Gasteiger partial charge in [0, 0.05) is 18.2 Å². The third kappa shape index (κ3) is 2.98. The van der Waals surface area contributed by atoms with Crippen LogP contribution < -0.4 is 9.47 Å². The minimum absolute atomic E-state index is 0.510. The highest BCUT2D eigenvalue weighted by atomic mass is 35.5. The van der Waals surface area contributed by atoms with Crippen LogP contribution in [0.3, 0.4) is 0 Å². The maximum Gasteiger partial charge on any atom is 0.182 e. The highest BCUT2D eigenvalue weighted by molar-refractivity contribution is 6.38. The summed E-state index contributed by atoms with van der Waals surface area (Å²) in [5.41, 5.74) is 3.71. The van der Waals surface area contributed by atoms with Gasteiger partial charge in [0.25, 0.3) is 0 Å². The summed E-state index contributed by atoms with van der Waals surface area (Å²) < 4.78 is 12.2. The molecule has 0 bridgehead atoms. The van der Waals surface area contributed by atoms with Crippen LogP contribution in [0.15, 0.2) is 48.5 Å². The second-order valence-electron chi connectivity index (χ2n) is 5.99. The van der Waals surface area contributed by atoms with Gasteiger partial charge in [-0.3, -0.25) is 0 Å². The van der Waals surface area contributed by atoms with Crippen LogP contribution in [0.4, 0.5) is 0 Å². The molecule has 0 spiro atoms. The van der Waals surface area contributed by atoms with Crippen molar-refractivity contribution in [2.24, 2.45) is 7.05 Å². The molecule has 4 rings (SSSR count). The lowest BCUT2D eigenvalue weighted by molar-refractivity contribution is 0.415. The van der Waals surface area contributed by atoms with Gasteiger partial charge < -0.3 is 9.47 Å². The van der Waals surface area contributed by atoms with Gasteiger partial charge in [-0.15, -0.1) is 10.2 Å². The molecule has 0 saturated carbocycles. The zero-order valence-electron chi connectivity index (χ0n) is 15.1. The minimum Gasteiger partial charge on any atom is -0.497 e. The van der Waals surface area contributed by atoms with Crippen LogP contribution in [0.2, 0.25) is 5.02 Å². The van der Waals surface area contributed by atoms with Crippen LogP contribution in [0.25, 0.3) is 33.5 Å². The van der Waals surface area contributed by atoms with Crippen molar-refractivity contribution < 1.29 is 9.47 Å². The largest absolute Gasteiger partial charge is 0.497 e. The van der Waals surface area contributed by atoms with Gasteiger partial charge in [-0.05, 0) is 36.4 Å². The fraction of sp³-hybridized carbons (Fsp3) is 0.150. The van der Waals surface area contributed by atoms with Crippen molar-refractivity contribution in [2.75, 3.05) is 14.2 Å². The summed E-state index contributed by atoms with van der Waals surface area (Å²) >= 11 is 6.77. The van der Waals surface area contributed by atoms with E-state index in [9.17, 15) is 0 Å². The van der Waals surface area contributed by atoms with Gasteiger partial charge in [-0.25, -0.2) is 4.68 Å². The van der Waals surface area contributed by atoms with Gasteiger partial charge in [0.15, 0.2) is 5.65 Å². The van der Waals surface area contributed by atoms with E-state index < -0.39 is 0 Å². The number of ether oxygens (including phenoxy) is 2. The fourth-order valence-corrected chi connectivity index (χ4v) is 3.32. The first kappa shape index (κ1) is 17.3. The van der Waals surface area contributed by atoms with Gasteiger partial charge in [0.1, 0.15) is 22.9 Å². The number of hydrogen-bond donors (Lipinski definition) is 0. The molecule has 6 nitrogen and oxygen atoms in total. The second-order valence-corrected chi connectivity index (χ2v) is 6.37. The van der Waals surface area contributed by atoms with E-state index in [1.165, 1.54) is 0 Å². The van der Waals surface area contributed by atoms with Crippen molar-refractivity contribution in [1.82, 2.24) is 20.0 Å². The van der Waals surface area contributed by atoms with Crippen LogP contribution in [0, 0.1) is 0 Å². The van der Waals surface area contributed by atoms with Crippen molar-refractivity contribution in [3.63, 3.8) is 0 Å². The molecule has 2 heterocycles. The Bertz CT molecular complexity index is 1120. The maximum absolute atomic E-state index is 6.77. The lowest BCUT2D eigenvalue weighted by Gasteiger charge is -2.07. The van der Waals surface area contributed by atoms with Crippen molar-refractivity contribution in [3.05, 3.63) is 53.6 Å². The number of methoxy groups -OCH3 is 2. The van der Waals surface area contributed by atoms with Crippen LogP contribution >= 0.6 is 11.6 Å².